The number of hydrogen-bond acceptors (Lipinski definition) is 2. The van der Waals surface area contributed by atoms with Gasteiger partial charge in [0.15, 0.2) is 0 Å². The number of nitrogens with one attached hydrogen (secondary N) is 1. The van der Waals surface area contributed by atoms with Crippen LogP contribution in [-0.4, -0.2) is 37.5 Å². The predicted molar refractivity (Wildman–Crippen MR) is 81.2 cm³/mol. The summed E-state index contributed by atoms with van der Waals surface area (Å²) in [7, 11) is 0. The van der Waals surface area contributed by atoms with Gasteiger partial charge in [0.2, 0.25) is 0 Å². The maximum absolute atomic E-state index is 10.2. The van der Waals surface area contributed by atoms with Crippen LogP contribution in [0.4, 0.5) is 0 Å². The second-order valence-electron chi connectivity index (χ2n) is 6.59. The Hall–Kier alpha value is -1.06. The maximum atomic E-state index is 10.2. The van der Waals surface area contributed by atoms with E-state index in [0.29, 0.717) is 6.61 Å². The van der Waals surface area contributed by atoms with Gasteiger partial charge < -0.3 is 14.7 Å². The Morgan fingerprint density at radius 3 is 2.65 bits per heavy atom. The van der Waals surface area contributed by atoms with Crippen molar-refractivity contribution >= 4 is 0 Å². The number of aliphatic hydroxyl groups excluding tert-OH is 1. The number of piperidine rings is 1. The fraction of sp³-hybridized carbons (Fsp3) is 0.647. The molecule has 0 aliphatic carbocycles. The largest absolute Gasteiger partial charge is 0.491 e. The molecule has 0 radical (unpaired) electrons. The Bertz CT molecular complexity index is 411. The van der Waals surface area contributed by atoms with Crippen molar-refractivity contribution in [2.24, 2.45) is 11.8 Å². The zero-order valence-corrected chi connectivity index (χ0v) is 12.9. The van der Waals surface area contributed by atoms with E-state index in [0.717, 1.165) is 24.1 Å². The number of quaternary nitrogens is 1. The first-order chi connectivity index (χ1) is 9.52. The molecule has 20 heavy (non-hydrogen) atoms. The third-order valence-corrected chi connectivity index (χ3v) is 4.04. The molecule has 2 N–H and O–H groups in total. The lowest BCUT2D eigenvalue weighted by Gasteiger charge is -2.33. The third kappa shape index (κ3) is 4.80. The van der Waals surface area contributed by atoms with Crippen molar-refractivity contribution < 1.29 is 14.7 Å². The summed E-state index contributed by atoms with van der Waals surface area (Å²) in [6.07, 6.45) is 0.933. The summed E-state index contributed by atoms with van der Waals surface area (Å²) in [4.78, 5) is 1.51. The zero-order chi connectivity index (χ0) is 14.5. The molecule has 1 aliphatic heterocycles. The number of rotatable bonds is 5. The van der Waals surface area contributed by atoms with Gasteiger partial charge in [0.1, 0.15) is 25.0 Å². The van der Waals surface area contributed by atoms with Crippen molar-refractivity contribution in [2.75, 3.05) is 26.2 Å². The first-order valence-electron chi connectivity index (χ1n) is 7.74. The van der Waals surface area contributed by atoms with E-state index in [4.69, 9.17) is 4.74 Å². The topological polar surface area (TPSA) is 33.9 Å². The van der Waals surface area contributed by atoms with Crippen LogP contribution in [-0.2, 0) is 0 Å². The van der Waals surface area contributed by atoms with E-state index < -0.39 is 0 Å². The Morgan fingerprint density at radius 1 is 1.30 bits per heavy atom. The molecule has 0 saturated carbocycles. The maximum Gasteiger partial charge on any atom is 0.137 e. The summed E-state index contributed by atoms with van der Waals surface area (Å²) in [5, 5.41) is 10.2. The predicted octanol–water partition coefficient (Wildman–Crippen LogP) is 1.30. The van der Waals surface area contributed by atoms with Crippen LogP contribution in [0.5, 0.6) is 5.75 Å². The fourth-order valence-electron chi connectivity index (χ4n) is 3.38. The van der Waals surface area contributed by atoms with Gasteiger partial charge in [-0.15, -0.1) is 0 Å². The minimum Gasteiger partial charge on any atom is -0.491 e. The first-order valence-corrected chi connectivity index (χ1v) is 7.74. The van der Waals surface area contributed by atoms with Gasteiger partial charge in [-0.1, -0.05) is 26.0 Å². The van der Waals surface area contributed by atoms with Crippen molar-refractivity contribution in [3.05, 3.63) is 29.8 Å². The van der Waals surface area contributed by atoms with Crippen molar-refractivity contribution in [3.8, 4) is 5.75 Å². The molecule has 2 rings (SSSR count). The van der Waals surface area contributed by atoms with E-state index >= 15 is 0 Å². The molecule has 1 saturated heterocycles. The molecule has 0 amide bonds. The fourth-order valence-corrected chi connectivity index (χ4v) is 3.38. The summed E-state index contributed by atoms with van der Waals surface area (Å²) in [5.41, 5.74) is 1.18. The Morgan fingerprint density at radius 2 is 2.00 bits per heavy atom. The van der Waals surface area contributed by atoms with Gasteiger partial charge in [0, 0.05) is 11.8 Å². The highest BCUT2D eigenvalue weighted by Gasteiger charge is 2.26. The lowest BCUT2D eigenvalue weighted by atomic mass is 9.92. The van der Waals surface area contributed by atoms with Crippen molar-refractivity contribution in [2.45, 2.75) is 33.3 Å². The monoisotopic (exact) mass is 278 g/mol. The smallest absolute Gasteiger partial charge is 0.137 e. The average molecular weight is 278 g/mol. The summed E-state index contributed by atoms with van der Waals surface area (Å²) >= 11 is 0. The molecule has 0 bridgehead atoms. The van der Waals surface area contributed by atoms with Crippen LogP contribution >= 0.6 is 0 Å². The number of ether oxygens (including phenoxy) is 1. The molecule has 1 aromatic carbocycles. The Labute approximate surface area is 122 Å². The highest BCUT2D eigenvalue weighted by atomic mass is 16.5. The van der Waals surface area contributed by atoms with E-state index in [2.05, 4.69) is 13.8 Å². The average Bonchev–Trinajstić information content (AvgIpc) is 2.35. The van der Waals surface area contributed by atoms with Crippen molar-refractivity contribution in [1.82, 2.24) is 0 Å². The van der Waals surface area contributed by atoms with Gasteiger partial charge >= 0.3 is 0 Å². The highest BCUT2D eigenvalue weighted by Crippen LogP contribution is 2.13. The highest BCUT2D eigenvalue weighted by molar-refractivity contribution is 5.27. The number of likely N-dealkylation sites (tertiary alicyclic amines) is 1. The molecule has 3 heteroatoms. The van der Waals surface area contributed by atoms with E-state index in [1.807, 2.05) is 31.2 Å². The Balaban J connectivity index is 1.76. The van der Waals surface area contributed by atoms with Crippen LogP contribution in [0.15, 0.2) is 24.3 Å². The van der Waals surface area contributed by atoms with Crippen molar-refractivity contribution in [3.63, 3.8) is 0 Å². The standard InChI is InChI=1S/C17H27NO2/c1-13-5-4-6-17(8-13)20-12-16(19)11-18-9-14(2)7-15(3)10-18/h4-6,8,14-16,19H,7,9-12H2,1-3H3/p+1/t14-,15-,16-/m0/s1. The molecule has 1 aliphatic rings. The zero-order valence-electron chi connectivity index (χ0n) is 12.9. The quantitative estimate of drug-likeness (QED) is 0.851. The molecule has 1 aromatic rings. The summed E-state index contributed by atoms with van der Waals surface area (Å²) in [5.74, 6) is 2.37. The van der Waals surface area contributed by atoms with Gasteiger partial charge in [0.05, 0.1) is 13.1 Å². The minimum absolute atomic E-state index is 0.385. The molecule has 3 atom stereocenters. The molecule has 0 spiro atoms. The summed E-state index contributed by atoms with van der Waals surface area (Å²) in [6, 6.07) is 7.97. The molecule has 112 valence electrons. The summed E-state index contributed by atoms with van der Waals surface area (Å²) in [6.45, 7) is 10.2. The third-order valence-electron chi connectivity index (χ3n) is 4.04. The van der Waals surface area contributed by atoms with Crippen LogP contribution in [0.1, 0.15) is 25.8 Å². The van der Waals surface area contributed by atoms with Crippen LogP contribution in [0, 0.1) is 18.8 Å². The Kier molecular flexibility index (Phi) is 5.44. The number of hydrogen-bond donors (Lipinski definition) is 2. The van der Waals surface area contributed by atoms with E-state index in [1.165, 1.54) is 30.0 Å². The van der Waals surface area contributed by atoms with Crippen molar-refractivity contribution in [1.29, 1.82) is 0 Å². The van der Waals surface area contributed by atoms with Gasteiger partial charge in [-0.25, -0.2) is 0 Å². The first kappa shape index (κ1) is 15.3. The lowest BCUT2D eigenvalue weighted by molar-refractivity contribution is -0.915. The van der Waals surface area contributed by atoms with Crippen LogP contribution in [0.2, 0.25) is 0 Å². The number of aliphatic hydroxyl groups is 1. The second kappa shape index (κ2) is 7.09. The molecule has 0 unspecified atom stereocenters. The molecule has 3 nitrogen and oxygen atoms in total. The normalized spacial score (nSPS) is 28.1. The molecular formula is C17H28NO2+. The SMILES string of the molecule is Cc1cccc(OC[C@@H](O)C[NH+]2C[C@@H](C)C[C@H](C)C2)c1. The second-order valence-corrected chi connectivity index (χ2v) is 6.59. The number of aryl methyl sites for hydroxylation is 1. The molecule has 1 heterocycles. The van der Waals surface area contributed by atoms with E-state index in [9.17, 15) is 5.11 Å². The van der Waals surface area contributed by atoms with Gasteiger partial charge in [-0.2, -0.15) is 0 Å². The van der Waals surface area contributed by atoms with Gasteiger partial charge in [-0.3, -0.25) is 0 Å². The minimum atomic E-state index is -0.386. The van der Waals surface area contributed by atoms with E-state index in [1.54, 1.807) is 0 Å². The lowest BCUT2D eigenvalue weighted by Crippen LogP contribution is -3.15. The molecule has 1 fully saturated rings. The van der Waals surface area contributed by atoms with Gasteiger partial charge in [-0.05, 0) is 31.0 Å². The molecular weight excluding hydrogens is 250 g/mol. The van der Waals surface area contributed by atoms with E-state index in [-0.39, 0.29) is 6.10 Å². The van der Waals surface area contributed by atoms with Gasteiger partial charge in [0.25, 0.3) is 0 Å². The van der Waals surface area contributed by atoms with Crippen LogP contribution in [0.25, 0.3) is 0 Å². The number of benzene rings is 1. The molecule has 0 aromatic heterocycles. The van der Waals surface area contributed by atoms with Crippen LogP contribution < -0.4 is 9.64 Å². The van der Waals surface area contributed by atoms with Crippen LogP contribution in [0.3, 0.4) is 0 Å². The summed E-state index contributed by atoms with van der Waals surface area (Å²) < 4.78 is 5.68.